The Kier molecular flexibility index (Phi) is 4.92. The van der Waals surface area contributed by atoms with E-state index >= 15 is 0 Å². The zero-order chi connectivity index (χ0) is 13.9. The van der Waals surface area contributed by atoms with Crippen molar-refractivity contribution in [2.45, 2.75) is 32.4 Å². The van der Waals surface area contributed by atoms with Gasteiger partial charge in [0.05, 0.1) is 3.79 Å². The summed E-state index contributed by atoms with van der Waals surface area (Å²) in [4.78, 5) is 24.3. The molecule has 0 spiro atoms. The maximum absolute atomic E-state index is 11.9. The van der Waals surface area contributed by atoms with Crippen molar-refractivity contribution in [2.75, 3.05) is 7.05 Å². The van der Waals surface area contributed by atoms with Crippen LogP contribution in [0.25, 0.3) is 0 Å². The molecule has 1 amide bonds. The predicted octanol–water partition coefficient (Wildman–Crippen LogP) is 3.62. The molecular weight excluding hydrogens is 318 g/mol. The Balaban J connectivity index is 2.83. The monoisotopic (exact) mass is 333 g/mol. The van der Waals surface area contributed by atoms with Crippen LogP contribution in [-0.4, -0.2) is 29.9 Å². The van der Waals surface area contributed by atoms with Crippen molar-refractivity contribution in [3.05, 3.63) is 20.8 Å². The molecule has 100 valence electrons. The number of carbonyl (C=O) groups is 2. The molecular formula is C12H16BrNO3S. The molecule has 1 heterocycles. The molecule has 0 saturated carbocycles. The Morgan fingerprint density at radius 3 is 2.56 bits per heavy atom. The zero-order valence-electron chi connectivity index (χ0n) is 10.8. The first-order valence-electron chi connectivity index (χ1n) is 5.39. The lowest BCUT2D eigenvalue weighted by molar-refractivity contribution is -0.112. The molecule has 0 saturated heterocycles. The van der Waals surface area contributed by atoms with E-state index in [0.717, 1.165) is 15.6 Å². The van der Waals surface area contributed by atoms with E-state index in [2.05, 4.69) is 15.9 Å². The van der Waals surface area contributed by atoms with Gasteiger partial charge in [-0.1, -0.05) is 0 Å². The number of halogens is 1. The average molecular weight is 334 g/mol. The average Bonchev–Trinajstić information content (AvgIpc) is 2.63. The Labute approximate surface area is 119 Å². The Bertz CT molecular complexity index is 439. The highest BCUT2D eigenvalue weighted by molar-refractivity contribution is 9.11. The quantitative estimate of drug-likeness (QED) is 0.793. The van der Waals surface area contributed by atoms with Gasteiger partial charge in [0.15, 0.2) is 0 Å². The van der Waals surface area contributed by atoms with Crippen LogP contribution in [0.1, 0.15) is 32.4 Å². The van der Waals surface area contributed by atoms with Crippen LogP contribution in [-0.2, 0) is 9.53 Å². The van der Waals surface area contributed by atoms with Crippen LogP contribution in [0.4, 0.5) is 4.79 Å². The molecule has 1 aromatic rings. The number of nitrogens with zero attached hydrogens (tertiary/aromatic N) is 1. The third-order valence-electron chi connectivity index (χ3n) is 2.16. The van der Waals surface area contributed by atoms with Gasteiger partial charge < -0.3 is 9.53 Å². The fraction of sp³-hybridized carbons (Fsp3) is 0.500. The van der Waals surface area contributed by atoms with E-state index in [-0.39, 0.29) is 0 Å². The molecule has 1 aromatic heterocycles. The molecule has 0 aliphatic rings. The zero-order valence-corrected chi connectivity index (χ0v) is 13.2. The van der Waals surface area contributed by atoms with E-state index in [9.17, 15) is 9.59 Å². The number of carbonyl (C=O) groups excluding carboxylic acids is 2. The van der Waals surface area contributed by atoms with Crippen LogP contribution in [0.15, 0.2) is 15.2 Å². The number of amides is 1. The normalized spacial score (nSPS) is 12.9. The van der Waals surface area contributed by atoms with Gasteiger partial charge in [-0.15, -0.1) is 11.3 Å². The van der Waals surface area contributed by atoms with Gasteiger partial charge in [-0.05, 0) is 53.7 Å². The summed E-state index contributed by atoms with van der Waals surface area (Å²) in [5, 5.41) is 1.84. The second kappa shape index (κ2) is 5.84. The van der Waals surface area contributed by atoms with Crippen LogP contribution < -0.4 is 0 Å². The largest absolute Gasteiger partial charge is 0.444 e. The van der Waals surface area contributed by atoms with E-state index in [1.54, 1.807) is 27.8 Å². The number of thiophene rings is 1. The number of rotatable bonds is 3. The summed E-state index contributed by atoms with van der Waals surface area (Å²) in [6.07, 6.45) is 0.222. The van der Waals surface area contributed by atoms with E-state index in [1.807, 2.05) is 11.4 Å². The molecule has 0 aromatic carbocycles. The van der Waals surface area contributed by atoms with Crippen LogP contribution in [0.3, 0.4) is 0 Å². The summed E-state index contributed by atoms with van der Waals surface area (Å²) < 4.78 is 6.15. The lowest BCUT2D eigenvalue weighted by atomic mass is 10.1. The summed E-state index contributed by atoms with van der Waals surface area (Å²) >= 11 is 4.80. The molecule has 0 fully saturated rings. The van der Waals surface area contributed by atoms with Crippen molar-refractivity contribution in [3.8, 4) is 0 Å². The minimum absolute atomic E-state index is 0.512. The molecule has 0 radical (unpaired) electrons. The first-order valence-corrected chi connectivity index (χ1v) is 7.07. The van der Waals surface area contributed by atoms with Crippen LogP contribution >= 0.6 is 27.3 Å². The Hall–Kier alpha value is -0.880. The maximum Gasteiger partial charge on any atom is 0.410 e. The standard InChI is InChI=1S/C12H16BrNO3S/c1-12(2,3)17-11(16)14(4)9(6-15)8-5-10(13)18-7-8/h5-7,9H,1-4H3. The number of hydrogen-bond acceptors (Lipinski definition) is 4. The van der Waals surface area contributed by atoms with Crippen LogP contribution in [0.5, 0.6) is 0 Å². The smallest absolute Gasteiger partial charge is 0.410 e. The Morgan fingerprint density at radius 2 is 2.17 bits per heavy atom. The van der Waals surface area contributed by atoms with Crippen LogP contribution in [0.2, 0.25) is 0 Å². The molecule has 1 unspecified atom stereocenters. The van der Waals surface area contributed by atoms with Crippen molar-refractivity contribution in [1.29, 1.82) is 0 Å². The fourth-order valence-electron chi connectivity index (χ4n) is 1.32. The van der Waals surface area contributed by atoms with Gasteiger partial charge in [-0.25, -0.2) is 4.79 Å². The van der Waals surface area contributed by atoms with Gasteiger partial charge >= 0.3 is 6.09 Å². The van der Waals surface area contributed by atoms with Gasteiger partial charge in [0.25, 0.3) is 0 Å². The molecule has 0 aliphatic heterocycles. The SMILES string of the molecule is CN(C(=O)OC(C)(C)C)C(C=O)c1csc(Br)c1. The fourth-order valence-corrected chi connectivity index (χ4v) is 2.52. The summed E-state index contributed by atoms with van der Waals surface area (Å²) in [6, 6.07) is 1.20. The highest BCUT2D eigenvalue weighted by Crippen LogP contribution is 2.27. The lowest BCUT2D eigenvalue weighted by Gasteiger charge is -2.27. The second-order valence-electron chi connectivity index (χ2n) is 4.86. The molecule has 0 N–H and O–H groups in total. The molecule has 0 bridgehead atoms. The number of likely N-dealkylation sites (N-methyl/N-ethyl adjacent to an activating group) is 1. The van der Waals surface area contributed by atoms with Crippen LogP contribution in [0, 0.1) is 0 Å². The van der Waals surface area contributed by atoms with Gasteiger partial charge in [-0.3, -0.25) is 4.90 Å². The first-order chi connectivity index (χ1) is 8.24. The number of aldehydes is 1. The molecule has 18 heavy (non-hydrogen) atoms. The van der Waals surface area contributed by atoms with Crippen molar-refractivity contribution in [1.82, 2.24) is 4.90 Å². The Morgan fingerprint density at radius 1 is 1.56 bits per heavy atom. The van der Waals surface area contributed by atoms with Gasteiger partial charge in [0, 0.05) is 7.05 Å². The topological polar surface area (TPSA) is 46.6 Å². The maximum atomic E-state index is 11.9. The highest BCUT2D eigenvalue weighted by Gasteiger charge is 2.26. The lowest BCUT2D eigenvalue weighted by Crippen LogP contribution is -2.37. The van der Waals surface area contributed by atoms with Crippen molar-refractivity contribution in [3.63, 3.8) is 0 Å². The summed E-state index contributed by atoms with van der Waals surface area (Å²) in [6.45, 7) is 5.36. The molecule has 1 atom stereocenters. The summed E-state index contributed by atoms with van der Waals surface area (Å²) in [7, 11) is 1.55. The van der Waals surface area contributed by atoms with E-state index in [0.29, 0.717) is 0 Å². The molecule has 1 rings (SSSR count). The highest BCUT2D eigenvalue weighted by atomic mass is 79.9. The minimum atomic E-state index is -0.623. The van der Waals surface area contributed by atoms with Crippen molar-refractivity contribution >= 4 is 39.6 Å². The summed E-state index contributed by atoms with van der Waals surface area (Å²) in [5.74, 6) is 0. The third kappa shape index (κ3) is 4.10. The van der Waals surface area contributed by atoms with Gasteiger partial charge in [0.2, 0.25) is 0 Å². The van der Waals surface area contributed by atoms with Gasteiger partial charge in [0.1, 0.15) is 17.9 Å². The van der Waals surface area contributed by atoms with Crippen molar-refractivity contribution < 1.29 is 14.3 Å². The second-order valence-corrected chi connectivity index (χ2v) is 7.15. The number of ether oxygens (including phenoxy) is 1. The van der Waals surface area contributed by atoms with E-state index in [1.165, 1.54) is 16.2 Å². The van der Waals surface area contributed by atoms with E-state index in [4.69, 9.17) is 4.74 Å². The molecule has 6 heteroatoms. The number of hydrogen-bond donors (Lipinski definition) is 0. The summed E-state index contributed by atoms with van der Waals surface area (Å²) in [5.41, 5.74) is 0.198. The third-order valence-corrected chi connectivity index (χ3v) is 3.68. The van der Waals surface area contributed by atoms with E-state index < -0.39 is 17.7 Å². The van der Waals surface area contributed by atoms with Gasteiger partial charge in [-0.2, -0.15) is 0 Å². The van der Waals surface area contributed by atoms with Crippen molar-refractivity contribution in [2.24, 2.45) is 0 Å². The minimum Gasteiger partial charge on any atom is -0.444 e. The predicted molar refractivity (Wildman–Crippen MR) is 74.8 cm³/mol. The molecule has 0 aliphatic carbocycles. The first kappa shape index (κ1) is 15.2. The molecule has 4 nitrogen and oxygen atoms in total.